The Hall–Kier alpha value is -3.85. The van der Waals surface area contributed by atoms with Gasteiger partial charge in [-0.3, -0.25) is 0 Å². The van der Waals surface area contributed by atoms with E-state index >= 15 is 0 Å². The van der Waals surface area contributed by atoms with Crippen LogP contribution in [-0.4, -0.2) is 55.5 Å². The summed E-state index contributed by atoms with van der Waals surface area (Å²) >= 11 is 0. The van der Waals surface area contributed by atoms with Crippen LogP contribution in [0, 0.1) is 10.3 Å². The summed E-state index contributed by atoms with van der Waals surface area (Å²) in [5.41, 5.74) is 3.04. The van der Waals surface area contributed by atoms with Crippen LogP contribution in [0.4, 0.5) is 17.3 Å². The third kappa shape index (κ3) is 6.14. The molecule has 178 valence electrons. The van der Waals surface area contributed by atoms with Crippen molar-refractivity contribution in [2.75, 3.05) is 37.5 Å². The van der Waals surface area contributed by atoms with Crippen molar-refractivity contribution in [3.8, 4) is 17.0 Å². The van der Waals surface area contributed by atoms with Crippen LogP contribution in [0.5, 0.6) is 5.75 Å². The standard InChI is InChI=1S/C25H31N7O2/c1-17(2)29-25-21(14-26)23(32(4)24-10-5-6-11-28-24)13-22(30-25)18-8-7-9-20(12-18)34-16-19(31-33)15-27-3/h5-14,17,19,26-27H,15-16H2,1-4H3,(H,29,30)/t19-/m0/s1. The summed E-state index contributed by atoms with van der Waals surface area (Å²) in [7, 11) is 3.69. The topological polar surface area (TPSA) is 116 Å². The maximum atomic E-state index is 11.0. The minimum absolute atomic E-state index is 0.129. The molecule has 2 heterocycles. The second kappa shape index (κ2) is 11.9. The molecular weight excluding hydrogens is 430 g/mol. The Morgan fingerprint density at radius 2 is 2.03 bits per heavy atom. The smallest absolute Gasteiger partial charge is 0.138 e. The van der Waals surface area contributed by atoms with Gasteiger partial charge >= 0.3 is 0 Å². The Balaban J connectivity index is 2.02. The third-order valence-electron chi connectivity index (χ3n) is 5.12. The summed E-state index contributed by atoms with van der Waals surface area (Å²) in [6.45, 7) is 4.69. The molecule has 1 atom stereocenters. The summed E-state index contributed by atoms with van der Waals surface area (Å²) in [6.07, 6.45) is 3.05. The zero-order valence-electron chi connectivity index (χ0n) is 19.9. The predicted octanol–water partition coefficient (Wildman–Crippen LogP) is 4.46. The maximum Gasteiger partial charge on any atom is 0.138 e. The van der Waals surface area contributed by atoms with E-state index in [0.717, 1.165) is 22.8 Å². The molecule has 3 aromatic rings. The van der Waals surface area contributed by atoms with E-state index < -0.39 is 6.04 Å². The Labute approximate surface area is 200 Å². The van der Waals surface area contributed by atoms with Gasteiger partial charge in [0.1, 0.15) is 30.0 Å². The maximum absolute atomic E-state index is 11.0. The molecule has 3 N–H and O–H groups in total. The first kappa shape index (κ1) is 24.8. The molecule has 0 aliphatic heterocycles. The molecule has 0 radical (unpaired) electrons. The van der Waals surface area contributed by atoms with Gasteiger partial charge in [0.05, 0.1) is 16.9 Å². The van der Waals surface area contributed by atoms with Gasteiger partial charge in [-0.2, -0.15) is 4.91 Å². The molecule has 1 aromatic carbocycles. The van der Waals surface area contributed by atoms with E-state index in [4.69, 9.17) is 15.1 Å². The van der Waals surface area contributed by atoms with Crippen LogP contribution in [0.25, 0.3) is 11.3 Å². The van der Waals surface area contributed by atoms with Crippen LogP contribution in [0.15, 0.2) is 59.9 Å². The number of hydrogen-bond donors (Lipinski definition) is 3. The molecule has 0 saturated heterocycles. The highest BCUT2D eigenvalue weighted by Gasteiger charge is 2.18. The summed E-state index contributed by atoms with van der Waals surface area (Å²) in [6, 6.07) is 14.9. The Kier molecular flexibility index (Phi) is 8.64. The average Bonchev–Trinajstić information content (AvgIpc) is 2.86. The highest BCUT2D eigenvalue weighted by molar-refractivity contribution is 5.95. The molecular formula is C25H31N7O2. The normalized spacial score (nSPS) is 11.7. The SMILES string of the molecule is CNC[C@@H](COc1cccc(-c2cc(N(C)c3ccccn3)c(C=N)c(NC(C)C)n2)c1)N=O. The van der Waals surface area contributed by atoms with Crippen LogP contribution < -0.4 is 20.3 Å². The lowest BCUT2D eigenvalue weighted by molar-refractivity contribution is 0.286. The number of likely N-dealkylation sites (N-methyl/N-ethyl adjacent to an activating group) is 1. The molecule has 0 aliphatic rings. The fourth-order valence-corrected chi connectivity index (χ4v) is 3.47. The molecule has 0 fully saturated rings. The van der Waals surface area contributed by atoms with E-state index in [-0.39, 0.29) is 12.6 Å². The van der Waals surface area contributed by atoms with Crippen LogP contribution in [0.2, 0.25) is 0 Å². The lowest BCUT2D eigenvalue weighted by atomic mass is 10.1. The van der Waals surface area contributed by atoms with Gasteiger partial charge in [-0.15, -0.1) is 0 Å². The van der Waals surface area contributed by atoms with E-state index in [2.05, 4.69) is 20.8 Å². The van der Waals surface area contributed by atoms with Gasteiger partial charge in [-0.1, -0.05) is 23.4 Å². The van der Waals surface area contributed by atoms with E-state index in [9.17, 15) is 4.91 Å². The quantitative estimate of drug-likeness (QED) is 0.269. The number of pyridine rings is 2. The molecule has 3 rings (SSSR count). The number of benzene rings is 1. The largest absolute Gasteiger partial charge is 0.491 e. The first-order chi connectivity index (χ1) is 16.5. The zero-order chi connectivity index (χ0) is 24.5. The van der Waals surface area contributed by atoms with E-state index in [1.165, 1.54) is 6.21 Å². The summed E-state index contributed by atoms with van der Waals surface area (Å²) in [5.74, 6) is 2.00. The number of nitrogens with one attached hydrogen (secondary N) is 3. The molecule has 0 saturated carbocycles. The van der Waals surface area contributed by atoms with Gasteiger partial charge in [0.25, 0.3) is 0 Å². The van der Waals surface area contributed by atoms with Crippen molar-refractivity contribution in [3.63, 3.8) is 0 Å². The number of ether oxygens (including phenoxy) is 1. The molecule has 2 aromatic heterocycles. The monoisotopic (exact) mass is 461 g/mol. The molecule has 0 bridgehead atoms. The highest BCUT2D eigenvalue weighted by Crippen LogP contribution is 2.34. The van der Waals surface area contributed by atoms with Crippen LogP contribution in [0.3, 0.4) is 0 Å². The lowest BCUT2D eigenvalue weighted by Crippen LogP contribution is -2.27. The third-order valence-corrected chi connectivity index (χ3v) is 5.12. The van der Waals surface area contributed by atoms with Crippen molar-refractivity contribution < 1.29 is 4.74 Å². The first-order valence-corrected chi connectivity index (χ1v) is 11.1. The minimum atomic E-state index is -0.473. The number of nitrogens with zero attached hydrogens (tertiary/aromatic N) is 4. The Morgan fingerprint density at radius 1 is 1.21 bits per heavy atom. The number of rotatable bonds is 12. The van der Waals surface area contributed by atoms with Crippen LogP contribution >= 0.6 is 0 Å². The summed E-state index contributed by atoms with van der Waals surface area (Å²) in [5, 5.41) is 17.5. The number of nitroso groups, excluding NO2 is 1. The molecule has 0 aliphatic carbocycles. The van der Waals surface area contributed by atoms with Crippen molar-refractivity contribution in [1.82, 2.24) is 15.3 Å². The molecule has 0 unspecified atom stereocenters. The Bertz CT molecular complexity index is 1110. The van der Waals surface area contributed by atoms with E-state index in [1.54, 1.807) is 13.2 Å². The van der Waals surface area contributed by atoms with Gasteiger partial charge in [0.15, 0.2) is 0 Å². The van der Waals surface area contributed by atoms with Gasteiger partial charge in [-0.25, -0.2) is 9.97 Å². The molecule has 0 amide bonds. The lowest BCUT2D eigenvalue weighted by Gasteiger charge is -2.24. The van der Waals surface area contributed by atoms with Gasteiger partial charge < -0.3 is 25.7 Å². The predicted molar refractivity (Wildman–Crippen MR) is 138 cm³/mol. The molecule has 0 spiro atoms. The fraction of sp³-hybridized carbons (Fsp3) is 0.320. The fourth-order valence-electron chi connectivity index (χ4n) is 3.47. The summed E-state index contributed by atoms with van der Waals surface area (Å²) in [4.78, 5) is 22.2. The molecule has 34 heavy (non-hydrogen) atoms. The average molecular weight is 462 g/mol. The number of anilines is 3. The van der Waals surface area contributed by atoms with Gasteiger partial charge in [0.2, 0.25) is 0 Å². The van der Waals surface area contributed by atoms with Gasteiger partial charge in [0, 0.05) is 37.6 Å². The van der Waals surface area contributed by atoms with Crippen LogP contribution in [0.1, 0.15) is 19.4 Å². The van der Waals surface area contributed by atoms with Crippen molar-refractivity contribution in [1.29, 1.82) is 5.41 Å². The first-order valence-electron chi connectivity index (χ1n) is 11.1. The minimum Gasteiger partial charge on any atom is -0.491 e. The zero-order valence-corrected chi connectivity index (χ0v) is 19.9. The van der Waals surface area contributed by atoms with Crippen molar-refractivity contribution >= 4 is 23.5 Å². The molecule has 9 heteroatoms. The van der Waals surface area contributed by atoms with E-state index in [0.29, 0.717) is 23.7 Å². The molecule has 9 nitrogen and oxygen atoms in total. The van der Waals surface area contributed by atoms with E-state index in [1.807, 2.05) is 74.3 Å². The Morgan fingerprint density at radius 3 is 2.68 bits per heavy atom. The number of hydrogen-bond acceptors (Lipinski definition) is 9. The van der Waals surface area contributed by atoms with Crippen molar-refractivity contribution in [3.05, 3.63) is 65.2 Å². The summed E-state index contributed by atoms with van der Waals surface area (Å²) < 4.78 is 5.83. The highest BCUT2D eigenvalue weighted by atomic mass is 16.5. The van der Waals surface area contributed by atoms with Gasteiger partial charge in [-0.05, 0) is 51.2 Å². The second-order valence-corrected chi connectivity index (χ2v) is 8.13. The second-order valence-electron chi connectivity index (χ2n) is 8.13. The van der Waals surface area contributed by atoms with Crippen LogP contribution in [-0.2, 0) is 0 Å². The number of aromatic nitrogens is 2. The van der Waals surface area contributed by atoms with Crippen molar-refractivity contribution in [2.24, 2.45) is 5.18 Å². The van der Waals surface area contributed by atoms with Crippen molar-refractivity contribution in [2.45, 2.75) is 25.9 Å².